The van der Waals surface area contributed by atoms with Crippen molar-refractivity contribution in [2.45, 2.75) is 46.3 Å². The topological polar surface area (TPSA) is 48.9 Å². The van der Waals surface area contributed by atoms with E-state index < -0.39 is 0 Å². The van der Waals surface area contributed by atoms with Crippen molar-refractivity contribution in [1.29, 1.82) is 0 Å². The van der Waals surface area contributed by atoms with Crippen LogP contribution in [0.15, 0.2) is 29.3 Å². The molecule has 1 saturated heterocycles. The molecule has 5 nitrogen and oxygen atoms in total. The van der Waals surface area contributed by atoms with E-state index in [2.05, 4.69) is 72.5 Å². The van der Waals surface area contributed by atoms with Gasteiger partial charge in [-0.05, 0) is 38.0 Å². The Hall–Kier alpha value is -1.75. The molecule has 144 valence electrons. The van der Waals surface area contributed by atoms with E-state index in [1.165, 1.54) is 11.3 Å². The number of ether oxygens (including phenoxy) is 1. The van der Waals surface area contributed by atoms with Crippen molar-refractivity contribution >= 4 is 11.6 Å². The third-order valence-electron chi connectivity index (χ3n) is 6.04. The van der Waals surface area contributed by atoms with Crippen molar-refractivity contribution in [3.63, 3.8) is 0 Å². The van der Waals surface area contributed by atoms with E-state index >= 15 is 0 Å². The molecule has 1 aromatic rings. The lowest BCUT2D eigenvalue weighted by Gasteiger charge is -2.54. The summed E-state index contributed by atoms with van der Waals surface area (Å²) in [5.74, 6) is 1.51. The van der Waals surface area contributed by atoms with Gasteiger partial charge in [0, 0.05) is 56.4 Å². The smallest absolute Gasteiger partial charge is 0.191 e. The van der Waals surface area contributed by atoms with Crippen molar-refractivity contribution in [1.82, 2.24) is 10.6 Å². The van der Waals surface area contributed by atoms with Crippen molar-refractivity contribution < 1.29 is 4.74 Å². The molecule has 0 bridgehead atoms. The van der Waals surface area contributed by atoms with E-state index in [1.807, 2.05) is 7.05 Å². The average molecular weight is 359 g/mol. The number of aliphatic imine (C=N–C) groups is 1. The Morgan fingerprint density at radius 2 is 2.19 bits per heavy atom. The van der Waals surface area contributed by atoms with Crippen LogP contribution in [0.25, 0.3) is 0 Å². The van der Waals surface area contributed by atoms with Crippen LogP contribution in [-0.2, 0) is 4.74 Å². The summed E-state index contributed by atoms with van der Waals surface area (Å²) in [6, 6.07) is 9.12. The zero-order valence-electron chi connectivity index (χ0n) is 16.9. The first kappa shape index (κ1) is 19.0. The molecule has 1 aliphatic carbocycles. The molecular formula is C21H34N4O. The lowest BCUT2D eigenvalue weighted by atomic mass is 9.57. The fraction of sp³-hybridized carbons (Fsp3) is 0.667. The van der Waals surface area contributed by atoms with Gasteiger partial charge >= 0.3 is 0 Å². The first-order valence-corrected chi connectivity index (χ1v) is 9.87. The van der Waals surface area contributed by atoms with Gasteiger partial charge in [0.1, 0.15) is 0 Å². The average Bonchev–Trinajstić information content (AvgIpc) is 3.08. The fourth-order valence-corrected chi connectivity index (χ4v) is 4.56. The molecule has 3 rings (SSSR count). The molecule has 1 aromatic carbocycles. The number of hydrogen-bond donors (Lipinski definition) is 2. The van der Waals surface area contributed by atoms with Crippen LogP contribution in [-0.4, -0.2) is 51.4 Å². The predicted molar refractivity (Wildman–Crippen MR) is 109 cm³/mol. The van der Waals surface area contributed by atoms with Gasteiger partial charge < -0.3 is 20.3 Å². The molecule has 3 unspecified atom stereocenters. The largest absolute Gasteiger partial charge is 0.377 e. The molecule has 3 atom stereocenters. The van der Waals surface area contributed by atoms with Gasteiger partial charge in [-0.3, -0.25) is 4.99 Å². The number of nitrogens with zero attached hydrogens (tertiary/aromatic N) is 2. The van der Waals surface area contributed by atoms with Crippen molar-refractivity contribution in [3.05, 3.63) is 29.8 Å². The van der Waals surface area contributed by atoms with Crippen molar-refractivity contribution in [2.24, 2.45) is 16.3 Å². The molecule has 0 aromatic heterocycles. The summed E-state index contributed by atoms with van der Waals surface area (Å²) < 4.78 is 5.89. The Morgan fingerprint density at radius 1 is 1.38 bits per heavy atom. The van der Waals surface area contributed by atoms with Gasteiger partial charge in [-0.15, -0.1) is 0 Å². The zero-order chi connectivity index (χ0) is 18.7. The van der Waals surface area contributed by atoms with E-state index in [9.17, 15) is 0 Å². The van der Waals surface area contributed by atoms with Gasteiger partial charge in [-0.25, -0.2) is 0 Å². The summed E-state index contributed by atoms with van der Waals surface area (Å²) in [6.45, 7) is 12.6. The van der Waals surface area contributed by atoms with Gasteiger partial charge in [0.25, 0.3) is 0 Å². The van der Waals surface area contributed by atoms with Crippen LogP contribution in [0.5, 0.6) is 0 Å². The third-order valence-corrected chi connectivity index (χ3v) is 6.04. The van der Waals surface area contributed by atoms with Crippen LogP contribution >= 0.6 is 0 Å². The first-order chi connectivity index (χ1) is 12.5. The summed E-state index contributed by atoms with van der Waals surface area (Å²) in [5, 5.41) is 7.14. The zero-order valence-corrected chi connectivity index (χ0v) is 16.9. The minimum Gasteiger partial charge on any atom is -0.377 e. The summed E-state index contributed by atoms with van der Waals surface area (Å²) >= 11 is 0. The fourth-order valence-electron chi connectivity index (χ4n) is 4.56. The summed E-state index contributed by atoms with van der Waals surface area (Å²) in [6.07, 6.45) is 1.55. The molecule has 1 aliphatic heterocycles. The molecule has 1 saturated carbocycles. The van der Waals surface area contributed by atoms with Gasteiger partial charge in [-0.1, -0.05) is 26.0 Å². The molecule has 2 fully saturated rings. The van der Waals surface area contributed by atoms with Crippen LogP contribution in [0.1, 0.15) is 32.8 Å². The number of rotatable bonds is 6. The highest BCUT2D eigenvalue weighted by Gasteiger charge is 2.59. The molecular weight excluding hydrogens is 324 g/mol. The lowest BCUT2D eigenvalue weighted by Crippen LogP contribution is -2.68. The summed E-state index contributed by atoms with van der Waals surface area (Å²) in [7, 11) is 1.85. The Bertz CT molecular complexity index is 643. The summed E-state index contributed by atoms with van der Waals surface area (Å²) in [4.78, 5) is 6.82. The van der Waals surface area contributed by atoms with Gasteiger partial charge in [-0.2, -0.15) is 0 Å². The number of guanidine groups is 1. The monoisotopic (exact) mass is 358 g/mol. The van der Waals surface area contributed by atoms with E-state index in [0.717, 1.165) is 38.6 Å². The second-order valence-electron chi connectivity index (χ2n) is 8.10. The Kier molecular flexibility index (Phi) is 5.76. The Morgan fingerprint density at radius 3 is 2.88 bits per heavy atom. The highest BCUT2D eigenvalue weighted by molar-refractivity contribution is 5.80. The number of anilines is 1. The molecule has 0 spiro atoms. The standard InChI is InChI=1S/C21H34N4O/c1-6-25(16-9-7-8-15(2)14-16)12-11-23-20(22-5)24-18-17-10-13-26-19(17)21(18,3)4/h7-9,14,17-19H,6,10-13H2,1-5H3,(H2,22,23,24). The molecule has 26 heavy (non-hydrogen) atoms. The normalized spacial score (nSPS) is 26.8. The third kappa shape index (κ3) is 3.68. The maximum Gasteiger partial charge on any atom is 0.191 e. The Labute approximate surface area is 158 Å². The number of hydrogen-bond acceptors (Lipinski definition) is 3. The van der Waals surface area contributed by atoms with Gasteiger partial charge in [0.05, 0.1) is 6.10 Å². The van der Waals surface area contributed by atoms with Crippen LogP contribution in [0.2, 0.25) is 0 Å². The number of fused-ring (bicyclic) bond motifs is 1. The van der Waals surface area contributed by atoms with Crippen molar-refractivity contribution in [2.75, 3.05) is 38.2 Å². The van der Waals surface area contributed by atoms with Gasteiger partial charge in [0.2, 0.25) is 0 Å². The van der Waals surface area contributed by atoms with Crippen LogP contribution < -0.4 is 15.5 Å². The quantitative estimate of drug-likeness (QED) is 0.606. The van der Waals surface area contributed by atoms with Gasteiger partial charge in [0.15, 0.2) is 5.96 Å². The first-order valence-electron chi connectivity index (χ1n) is 9.87. The van der Waals surface area contributed by atoms with E-state index in [-0.39, 0.29) is 5.41 Å². The lowest BCUT2D eigenvalue weighted by molar-refractivity contribution is -0.106. The molecule has 2 aliphatic rings. The predicted octanol–water partition coefficient (Wildman–Crippen LogP) is 2.80. The van der Waals surface area contributed by atoms with Crippen molar-refractivity contribution in [3.8, 4) is 0 Å². The van der Waals surface area contributed by atoms with E-state index in [4.69, 9.17) is 4.74 Å². The maximum atomic E-state index is 5.89. The molecule has 0 amide bonds. The van der Waals surface area contributed by atoms with E-state index in [1.54, 1.807) is 0 Å². The molecule has 2 N–H and O–H groups in total. The minimum atomic E-state index is 0.163. The van der Waals surface area contributed by atoms with E-state index in [0.29, 0.717) is 18.1 Å². The SMILES string of the molecule is CCN(CCNC(=NC)NC1C2CCOC2C1(C)C)c1cccc(C)c1. The highest BCUT2D eigenvalue weighted by atomic mass is 16.5. The number of benzene rings is 1. The number of nitrogens with one attached hydrogen (secondary N) is 2. The maximum absolute atomic E-state index is 5.89. The van der Waals surface area contributed by atoms with Crippen LogP contribution in [0.4, 0.5) is 5.69 Å². The second kappa shape index (κ2) is 7.87. The Balaban J connectivity index is 1.51. The highest BCUT2D eigenvalue weighted by Crippen LogP contribution is 2.52. The minimum absolute atomic E-state index is 0.163. The number of likely N-dealkylation sites (N-methyl/N-ethyl adjacent to an activating group) is 1. The molecule has 5 heteroatoms. The second-order valence-corrected chi connectivity index (χ2v) is 8.10. The molecule has 0 radical (unpaired) electrons. The number of aryl methyl sites for hydroxylation is 1. The van der Waals surface area contributed by atoms with Crippen LogP contribution in [0.3, 0.4) is 0 Å². The van der Waals surface area contributed by atoms with Crippen LogP contribution in [0, 0.1) is 18.3 Å². The molecule has 1 heterocycles. The summed E-state index contributed by atoms with van der Waals surface area (Å²) in [5.41, 5.74) is 2.74.